The predicted molar refractivity (Wildman–Crippen MR) is 89.6 cm³/mol. The molecule has 23 heavy (non-hydrogen) atoms. The number of nitrogens with one attached hydrogen (secondary N) is 3. The molecule has 0 unspecified atom stereocenters. The summed E-state index contributed by atoms with van der Waals surface area (Å²) in [5, 5.41) is 3.35. The van der Waals surface area contributed by atoms with Crippen molar-refractivity contribution in [2.45, 2.75) is 6.92 Å². The highest BCUT2D eigenvalue weighted by Crippen LogP contribution is 2.31. The number of fused-ring (bicyclic) bond motifs is 1. The molecule has 0 spiro atoms. The Labute approximate surface area is 136 Å². The SMILES string of the molecule is COc1cc(Cl)c(C)cc1NC(=O)c1ccc2[nH]c(=O)[nH]c2c1. The Morgan fingerprint density at radius 1 is 1.17 bits per heavy atom. The number of halogens is 1. The van der Waals surface area contributed by atoms with Crippen molar-refractivity contribution in [3.05, 3.63) is 57.0 Å². The lowest BCUT2D eigenvalue weighted by Gasteiger charge is -2.12. The molecule has 118 valence electrons. The number of hydrogen-bond acceptors (Lipinski definition) is 3. The van der Waals surface area contributed by atoms with Gasteiger partial charge in [-0.05, 0) is 36.8 Å². The third-order valence-electron chi connectivity index (χ3n) is 3.51. The number of aromatic amines is 2. The Bertz CT molecular complexity index is 959. The van der Waals surface area contributed by atoms with E-state index in [-0.39, 0.29) is 11.6 Å². The van der Waals surface area contributed by atoms with E-state index in [9.17, 15) is 9.59 Å². The summed E-state index contributed by atoms with van der Waals surface area (Å²) in [6.45, 7) is 1.84. The summed E-state index contributed by atoms with van der Waals surface area (Å²) in [6.07, 6.45) is 0. The zero-order valence-corrected chi connectivity index (χ0v) is 13.2. The largest absolute Gasteiger partial charge is 0.495 e. The second kappa shape index (κ2) is 5.81. The Hall–Kier alpha value is -2.73. The van der Waals surface area contributed by atoms with Crippen molar-refractivity contribution in [1.29, 1.82) is 0 Å². The number of hydrogen-bond donors (Lipinski definition) is 3. The van der Waals surface area contributed by atoms with Crippen LogP contribution in [0, 0.1) is 6.92 Å². The van der Waals surface area contributed by atoms with Crippen LogP contribution in [0.25, 0.3) is 11.0 Å². The quantitative estimate of drug-likeness (QED) is 0.689. The van der Waals surface area contributed by atoms with Crippen molar-refractivity contribution in [2.75, 3.05) is 12.4 Å². The van der Waals surface area contributed by atoms with Gasteiger partial charge in [-0.1, -0.05) is 11.6 Å². The van der Waals surface area contributed by atoms with Crippen LogP contribution in [0.3, 0.4) is 0 Å². The number of carbonyl (C=O) groups is 1. The number of methoxy groups -OCH3 is 1. The molecule has 3 N–H and O–H groups in total. The molecule has 0 atom stereocenters. The number of ether oxygens (including phenoxy) is 1. The summed E-state index contributed by atoms with van der Waals surface area (Å²) in [5.41, 5.74) is 2.68. The van der Waals surface area contributed by atoms with Crippen LogP contribution in [0.2, 0.25) is 5.02 Å². The van der Waals surface area contributed by atoms with Crippen LogP contribution < -0.4 is 15.7 Å². The minimum Gasteiger partial charge on any atom is -0.495 e. The minimum atomic E-state index is -0.312. The van der Waals surface area contributed by atoms with Gasteiger partial charge >= 0.3 is 5.69 Å². The van der Waals surface area contributed by atoms with Crippen LogP contribution in [0.1, 0.15) is 15.9 Å². The van der Waals surface area contributed by atoms with E-state index in [1.807, 2.05) is 6.92 Å². The number of aromatic nitrogens is 2. The lowest BCUT2D eigenvalue weighted by atomic mass is 10.1. The number of anilines is 1. The molecule has 3 aromatic rings. The second-order valence-corrected chi connectivity index (χ2v) is 5.50. The van der Waals surface area contributed by atoms with Gasteiger partial charge in [-0.2, -0.15) is 0 Å². The van der Waals surface area contributed by atoms with Crippen molar-refractivity contribution in [3.63, 3.8) is 0 Å². The van der Waals surface area contributed by atoms with Crippen molar-refractivity contribution < 1.29 is 9.53 Å². The van der Waals surface area contributed by atoms with Crippen LogP contribution in [-0.4, -0.2) is 23.0 Å². The summed E-state index contributed by atoms with van der Waals surface area (Å²) in [7, 11) is 1.51. The van der Waals surface area contributed by atoms with Crippen molar-refractivity contribution >= 4 is 34.2 Å². The van der Waals surface area contributed by atoms with E-state index < -0.39 is 0 Å². The maximum atomic E-state index is 12.4. The zero-order valence-electron chi connectivity index (χ0n) is 12.5. The maximum absolute atomic E-state index is 12.4. The normalized spacial score (nSPS) is 10.7. The van der Waals surface area contributed by atoms with Gasteiger partial charge in [-0.3, -0.25) is 4.79 Å². The number of imidazole rings is 1. The molecular weight excluding hydrogens is 318 g/mol. The molecule has 1 aromatic heterocycles. The number of H-pyrrole nitrogens is 2. The van der Waals surface area contributed by atoms with E-state index in [2.05, 4.69) is 15.3 Å². The van der Waals surface area contributed by atoms with Crippen LogP contribution in [-0.2, 0) is 0 Å². The van der Waals surface area contributed by atoms with Crippen LogP contribution in [0.5, 0.6) is 5.75 Å². The summed E-state index contributed by atoms with van der Waals surface area (Å²) >= 11 is 6.06. The Morgan fingerprint density at radius 3 is 2.65 bits per heavy atom. The van der Waals surface area contributed by atoms with Crippen LogP contribution >= 0.6 is 11.6 Å². The molecule has 0 saturated carbocycles. The van der Waals surface area contributed by atoms with Gasteiger partial charge in [0.15, 0.2) is 0 Å². The molecule has 1 heterocycles. The summed E-state index contributed by atoms with van der Waals surface area (Å²) in [4.78, 5) is 29.0. The van der Waals surface area contributed by atoms with Gasteiger partial charge in [-0.15, -0.1) is 0 Å². The first-order valence-corrected chi connectivity index (χ1v) is 7.23. The molecule has 6 nitrogen and oxygen atoms in total. The second-order valence-electron chi connectivity index (χ2n) is 5.10. The van der Waals surface area contributed by atoms with E-state index >= 15 is 0 Å². The summed E-state index contributed by atoms with van der Waals surface area (Å²) in [5.74, 6) is 0.166. The average Bonchev–Trinajstić information content (AvgIpc) is 2.89. The van der Waals surface area contributed by atoms with E-state index in [1.54, 1.807) is 30.3 Å². The molecule has 3 rings (SSSR count). The standard InChI is InChI=1S/C16H14ClN3O3/c1-8-5-13(14(23-2)7-10(8)17)18-15(21)9-3-4-11-12(6-9)20-16(22)19-11/h3-7H,1-2H3,(H,18,21)(H2,19,20,22). The van der Waals surface area contributed by atoms with Gasteiger partial charge in [-0.25, -0.2) is 4.79 Å². The van der Waals surface area contributed by atoms with Gasteiger partial charge in [0.25, 0.3) is 5.91 Å². The van der Waals surface area contributed by atoms with Crippen molar-refractivity contribution in [3.8, 4) is 5.75 Å². The number of aryl methyl sites for hydroxylation is 1. The molecule has 7 heteroatoms. The fourth-order valence-corrected chi connectivity index (χ4v) is 2.45. The average molecular weight is 332 g/mol. The molecular formula is C16H14ClN3O3. The number of benzene rings is 2. The van der Waals surface area contributed by atoms with E-state index in [4.69, 9.17) is 16.3 Å². The molecule has 0 fully saturated rings. The zero-order chi connectivity index (χ0) is 16.6. The third kappa shape index (κ3) is 2.93. The summed E-state index contributed by atoms with van der Waals surface area (Å²) < 4.78 is 5.24. The van der Waals surface area contributed by atoms with Gasteiger partial charge in [0.05, 0.1) is 23.8 Å². The monoisotopic (exact) mass is 331 g/mol. The molecule has 0 saturated heterocycles. The fourth-order valence-electron chi connectivity index (χ4n) is 2.30. The first kappa shape index (κ1) is 15.2. The van der Waals surface area contributed by atoms with Crippen molar-refractivity contribution in [2.24, 2.45) is 0 Å². The number of amides is 1. The highest BCUT2D eigenvalue weighted by molar-refractivity contribution is 6.31. The Morgan fingerprint density at radius 2 is 1.91 bits per heavy atom. The summed E-state index contributed by atoms with van der Waals surface area (Å²) in [6, 6.07) is 8.32. The molecule has 0 aliphatic carbocycles. The first-order valence-electron chi connectivity index (χ1n) is 6.85. The van der Waals surface area contributed by atoms with Crippen molar-refractivity contribution in [1.82, 2.24) is 9.97 Å². The highest BCUT2D eigenvalue weighted by atomic mass is 35.5. The molecule has 0 aliphatic rings. The van der Waals surface area contributed by atoms with Gasteiger partial charge in [0.2, 0.25) is 0 Å². The van der Waals surface area contributed by atoms with Crippen LogP contribution in [0.15, 0.2) is 35.1 Å². The smallest absolute Gasteiger partial charge is 0.323 e. The Kier molecular flexibility index (Phi) is 3.83. The van der Waals surface area contributed by atoms with Gasteiger partial charge in [0, 0.05) is 16.7 Å². The minimum absolute atomic E-state index is 0.311. The lowest BCUT2D eigenvalue weighted by Crippen LogP contribution is -2.12. The lowest BCUT2D eigenvalue weighted by molar-refractivity contribution is 0.102. The van der Waals surface area contributed by atoms with E-state index in [1.165, 1.54) is 7.11 Å². The number of carbonyl (C=O) groups excluding carboxylic acids is 1. The van der Waals surface area contributed by atoms with Crippen LogP contribution in [0.4, 0.5) is 5.69 Å². The topological polar surface area (TPSA) is 87.0 Å². The molecule has 0 aliphatic heterocycles. The Balaban J connectivity index is 1.94. The van der Waals surface area contributed by atoms with E-state index in [0.29, 0.717) is 33.1 Å². The number of rotatable bonds is 3. The highest BCUT2D eigenvalue weighted by Gasteiger charge is 2.13. The fraction of sp³-hybridized carbons (Fsp3) is 0.125. The maximum Gasteiger partial charge on any atom is 0.323 e. The predicted octanol–water partition coefficient (Wildman–Crippen LogP) is 3.08. The first-order chi connectivity index (χ1) is 11.0. The molecule has 0 radical (unpaired) electrons. The third-order valence-corrected chi connectivity index (χ3v) is 3.91. The van der Waals surface area contributed by atoms with Gasteiger partial charge < -0.3 is 20.0 Å². The molecule has 2 aromatic carbocycles. The van der Waals surface area contributed by atoms with E-state index in [0.717, 1.165) is 5.56 Å². The van der Waals surface area contributed by atoms with Gasteiger partial charge in [0.1, 0.15) is 5.75 Å². The molecule has 0 bridgehead atoms. The molecule has 1 amide bonds.